The number of nitro groups is 1. The molecular formula is C14H21N5O4S. The molecule has 0 saturated heterocycles. The molecule has 1 fully saturated rings. The van der Waals surface area contributed by atoms with Crippen molar-refractivity contribution in [1.29, 1.82) is 0 Å². The Morgan fingerprint density at radius 2 is 2.12 bits per heavy atom. The number of sulfonamides is 1. The van der Waals surface area contributed by atoms with Gasteiger partial charge in [0.1, 0.15) is 0 Å². The van der Waals surface area contributed by atoms with Gasteiger partial charge in [0.25, 0.3) is 5.69 Å². The van der Waals surface area contributed by atoms with E-state index in [-0.39, 0.29) is 29.6 Å². The molecule has 0 radical (unpaired) electrons. The first-order valence-electron chi connectivity index (χ1n) is 7.66. The van der Waals surface area contributed by atoms with Crippen molar-refractivity contribution >= 4 is 21.7 Å². The summed E-state index contributed by atoms with van der Waals surface area (Å²) >= 11 is 0. The van der Waals surface area contributed by atoms with Gasteiger partial charge < -0.3 is 11.1 Å². The van der Waals surface area contributed by atoms with Gasteiger partial charge in [0, 0.05) is 31.8 Å². The molecule has 0 heterocycles. The lowest BCUT2D eigenvalue weighted by molar-refractivity contribution is -0.385. The van der Waals surface area contributed by atoms with Crippen LogP contribution in [-0.4, -0.2) is 38.9 Å². The zero-order chi connectivity index (χ0) is 17.6. The van der Waals surface area contributed by atoms with Crippen LogP contribution in [0.25, 0.3) is 0 Å². The van der Waals surface area contributed by atoms with E-state index in [1.54, 1.807) is 0 Å². The van der Waals surface area contributed by atoms with E-state index in [4.69, 9.17) is 5.73 Å². The highest BCUT2D eigenvalue weighted by Crippen LogP contribution is 2.26. The fourth-order valence-corrected chi connectivity index (χ4v) is 3.25. The van der Waals surface area contributed by atoms with Crippen molar-refractivity contribution in [3.05, 3.63) is 34.4 Å². The first-order valence-corrected chi connectivity index (χ1v) is 9.15. The van der Waals surface area contributed by atoms with Gasteiger partial charge in [-0.1, -0.05) is 12.5 Å². The van der Waals surface area contributed by atoms with Gasteiger partial charge in [0.2, 0.25) is 10.0 Å². The van der Waals surface area contributed by atoms with E-state index in [9.17, 15) is 18.5 Å². The maximum Gasteiger partial charge on any atom is 0.270 e. The highest BCUT2D eigenvalue weighted by molar-refractivity contribution is 7.89. The molecule has 24 heavy (non-hydrogen) atoms. The van der Waals surface area contributed by atoms with Crippen LogP contribution in [0.1, 0.15) is 19.3 Å². The topological polar surface area (TPSA) is 140 Å². The maximum absolute atomic E-state index is 12.1. The molecule has 0 spiro atoms. The molecule has 0 aliphatic heterocycles. The molecule has 0 unspecified atom stereocenters. The lowest BCUT2D eigenvalue weighted by atomic mass is 9.86. The molecule has 4 N–H and O–H groups in total. The minimum Gasteiger partial charge on any atom is -0.370 e. The Balaban J connectivity index is 1.80. The number of hydrogen-bond acceptors (Lipinski definition) is 5. The predicted octanol–water partition coefficient (Wildman–Crippen LogP) is 0.578. The van der Waals surface area contributed by atoms with Crippen molar-refractivity contribution in [2.24, 2.45) is 16.6 Å². The second-order valence-electron chi connectivity index (χ2n) is 5.60. The minimum atomic E-state index is -3.81. The zero-order valence-electron chi connectivity index (χ0n) is 13.1. The quantitative estimate of drug-likeness (QED) is 0.205. The number of hydrogen-bond donors (Lipinski definition) is 3. The van der Waals surface area contributed by atoms with E-state index in [1.807, 2.05) is 0 Å². The number of guanidine groups is 1. The fourth-order valence-electron chi connectivity index (χ4n) is 2.18. The third kappa shape index (κ3) is 5.17. The summed E-state index contributed by atoms with van der Waals surface area (Å²) in [5, 5.41) is 13.5. The van der Waals surface area contributed by atoms with Crippen molar-refractivity contribution in [1.82, 2.24) is 10.0 Å². The third-order valence-corrected chi connectivity index (χ3v) is 5.27. The van der Waals surface area contributed by atoms with Crippen LogP contribution in [0.15, 0.2) is 34.2 Å². The van der Waals surface area contributed by atoms with E-state index < -0.39 is 14.9 Å². The van der Waals surface area contributed by atoms with Gasteiger partial charge >= 0.3 is 0 Å². The molecule has 0 aromatic heterocycles. The molecule has 0 amide bonds. The van der Waals surface area contributed by atoms with Crippen LogP contribution in [0, 0.1) is 16.0 Å². The van der Waals surface area contributed by atoms with Crippen molar-refractivity contribution in [2.45, 2.75) is 24.2 Å². The Morgan fingerprint density at radius 1 is 1.38 bits per heavy atom. The molecular weight excluding hydrogens is 334 g/mol. The summed E-state index contributed by atoms with van der Waals surface area (Å²) in [7, 11) is -3.81. The number of benzene rings is 1. The van der Waals surface area contributed by atoms with Crippen molar-refractivity contribution in [3.63, 3.8) is 0 Å². The standard InChI is InChI=1S/C14H21N5O4S/c15-14(17-10-11-3-1-4-11)16-7-8-18-24(22,23)13-6-2-5-12(9-13)19(20)21/h2,5-6,9,11,18H,1,3-4,7-8,10H2,(H3,15,16,17). The molecule has 2 rings (SSSR count). The van der Waals surface area contributed by atoms with Crippen LogP contribution in [0.2, 0.25) is 0 Å². The lowest BCUT2D eigenvalue weighted by Crippen LogP contribution is -2.38. The Kier molecular flexibility index (Phi) is 6.10. The average Bonchev–Trinajstić information content (AvgIpc) is 2.50. The van der Waals surface area contributed by atoms with Gasteiger partial charge in [-0.05, 0) is 24.8 Å². The Bertz CT molecular complexity index is 716. The van der Waals surface area contributed by atoms with Gasteiger partial charge in [0.05, 0.1) is 9.82 Å². The maximum atomic E-state index is 12.1. The van der Waals surface area contributed by atoms with Crippen LogP contribution >= 0.6 is 0 Å². The molecule has 9 nitrogen and oxygen atoms in total. The Morgan fingerprint density at radius 3 is 2.75 bits per heavy atom. The van der Waals surface area contributed by atoms with Crippen LogP contribution in [-0.2, 0) is 10.0 Å². The largest absolute Gasteiger partial charge is 0.370 e. The summed E-state index contributed by atoms with van der Waals surface area (Å²) in [6.07, 6.45) is 3.60. The van der Waals surface area contributed by atoms with Crippen LogP contribution in [0.4, 0.5) is 5.69 Å². The third-order valence-electron chi connectivity index (χ3n) is 3.81. The van der Waals surface area contributed by atoms with Gasteiger partial charge in [-0.2, -0.15) is 0 Å². The van der Waals surface area contributed by atoms with Crippen molar-refractivity contribution < 1.29 is 13.3 Å². The second-order valence-corrected chi connectivity index (χ2v) is 7.37. The van der Waals surface area contributed by atoms with E-state index in [0.717, 1.165) is 6.07 Å². The molecule has 10 heteroatoms. The number of non-ortho nitro benzene ring substituents is 1. The first kappa shape index (κ1) is 18.1. The molecule has 1 aromatic rings. The van der Waals surface area contributed by atoms with E-state index in [2.05, 4.69) is 15.0 Å². The summed E-state index contributed by atoms with van der Waals surface area (Å²) in [4.78, 5) is 14.1. The number of nitrogens with two attached hydrogens (primary N) is 1. The monoisotopic (exact) mass is 355 g/mol. The average molecular weight is 355 g/mol. The molecule has 1 aromatic carbocycles. The summed E-state index contributed by atoms with van der Waals surface area (Å²) < 4.78 is 26.5. The smallest absolute Gasteiger partial charge is 0.270 e. The number of nitro benzene ring substituents is 1. The first-order chi connectivity index (χ1) is 11.4. The number of nitrogens with one attached hydrogen (secondary N) is 2. The van der Waals surface area contributed by atoms with Crippen LogP contribution in [0.5, 0.6) is 0 Å². The van der Waals surface area contributed by atoms with Gasteiger partial charge in [0.15, 0.2) is 5.96 Å². The van der Waals surface area contributed by atoms with E-state index in [1.165, 1.54) is 37.5 Å². The van der Waals surface area contributed by atoms with E-state index in [0.29, 0.717) is 12.5 Å². The lowest BCUT2D eigenvalue weighted by Gasteiger charge is -2.23. The van der Waals surface area contributed by atoms with Gasteiger partial charge in [-0.3, -0.25) is 15.1 Å². The number of aliphatic imine (C=N–C) groups is 1. The molecule has 1 aliphatic rings. The fraction of sp³-hybridized carbons (Fsp3) is 0.500. The molecule has 132 valence electrons. The SMILES string of the molecule is NC(=NCC1CCC1)NCCNS(=O)(=O)c1cccc([N+](=O)[O-])c1. The molecule has 0 bridgehead atoms. The van der Waals surface area contributed by atoms with Crippen LogP contribution < -0.4 is 15.8 Å². The van der Waals surface area contributed by atoms with Gasteiger partial charge in [-0.15, -0.1) is 0 Å². The van der Waals surface area contributed by atoms with E-state index >= 15 is 0 Å². The summed E-state index contributed by atoms with van der Waals surface area (Å²) in [5.41, 5.74) is 5.43. The highest BCUT2D eigenvalue weighted by atomic mass is 32.2. The molecule has 1 aliphatic carbocycles. The summed E-state index contributed by atoms with van der Waals surface area (Å²) in [6, 6.07) is 4.89. The second kappa shape index (κ2) is 8.06. The predicted molar refractivity (Wildman–Crippen MR) is 90.1 cm³/mol. The van der Waals surface area contributed by atoms with Crippen molar-refractivity contribution in [3.8, 4) is 0 Å². The van der Waals surface area contributed by atoms with Crippen molar-refractivity contribution in [2.75, 3.05) is 19.6 Å². The minimum absolute atomic E-state index is 0.0880. The number of rotatable bonds is 8. The van der Waals surface area contributed by atoms with Crippen LogP contribution in [0.3, 0.4) is 0 Å². The molecule has 0 atom stereocenters. The summed E-state index contributed by atoms with van der Waals surface area (Å²) in [5.74, 6) is 0.897. The Hall–Kier alpha value is -2.20. The Labute approximate surface area is 140 Å². The summed E-state index contributed by atoms with van der Waals surface area (Å²) in [6.45, 7) is 1.05. The number of nitrogens with zero attached hydrogens (tertiary/aromatic N) is 2. The normalized spacial score (nSPS) is 15.8. The van der Waals surface area contributed by atoms with Gasteiger partial charge in [-0.25, -0.2) is 13.1 Å². The highest BCUT2D eigenvalue weighted by Gasteiger charge is 2.17. The molecule has 1 saturated carbocycles. The zero-order valence-corrected chi connectivity index (χ0v) is 14.0.